The van der Waals surface area contributed by atoms with Gasteiger partial charge in [0.05, 0.1) is 5.92 Å². The number of nitrogens with two attached hydrogens (primary N) is 1. The maximum absolute atomic E-state index is 12.6. The normalized spacial score (nSPS) is 14.5. The van der Waals surface area contributed by atoms with Crippen LogP contribution >= 0.6 is 8.03 Å². The molecule has 29 heavy (non-hydrogen) atoms. The topological polar surface area (TPSA) is 119 Å². The summed E-state index contributed by atoms with van der Waals surface area (Å²) in [5.41, 5.74) is 7.79. The molecule has 0 heterocycles. The van der Waals surface area contributed by atoms with E-state index < -0.39 is 38.1 Å². The molecule has 0 bridgehead atoms. The fourth-order valence-corrected chi connectivity index (χ4v) is 3.91. The zero-order chi connectivity index (χ0) is 21.2. The molecule has 1 amide bonds. The molecule has 0 aliphatic carbocycles. The Hall–Kier alpha value is -2.60. The number of hydrogen-bond donors (Lipinski definition) is 3. The number of carboxylic acids is 1. The Morgan fingerprint density at radius 3 is 2.07 bits per heavy atom. The molecule has 2 aromatic carbocycles. The summed E-state index contributed by atoms with van der Waals surface area (Å²) in [5.74, 6) is -2.32. The van der Waals surface area contributed by atoms with Gasteiger partial charge in [-0.3, -0.25) is 9.59 Å². The smallest absolute Gasteiger partial charge is 0.480 e. The molecular formula is C21H26N2O5P+. The van der Waals surface area contributed by atoms with Crippen molar-refractivity contribution in [2.45, 2.75) is 32.0 Å². The third kappa shape index (κ3) is 8.11. The van der Waals surface area contributed by atoms with Gasteiger partial charge in [0.25, 0.3) is 0 Å². The maximum Gasteiger partial charge on any atom is 0.510 e. The first-order chi connectivity index (χ1) is 13.8. The lowest BCUT2D eigenvalue weighted by Gasteiger charge is -2.15. The number of benzene rings is 2. The van der Waals surface area contributed by atoms with E-state index in [0.29, 0.717) is 12.8 Å². The van der Waals surface area contributed by atoms with Crippen LogP contribution < -0.4 is 11.1 Å². The average Bonchev–Trinajstić information content (AvgIpc) is 2.68. The number of aliphatic carboxylic acids is 1. The lowest BCUT2D eigenvalue weighted by Crippen LogP contribution is -2.43. The highest BCUT2D eigenvalue weighted by Gasteiger charge is 2.33. The summed E-state index contributed by atoms with van der Waals surface area (Å²) in [5, 5.41) is 11.5. The third-order valence-electron chi connectivity index (χ3n) is 4.33. The lowest BCUT2D eigenvalue weighted by molar-refractivity contribution is -0.141. The maximum atomic E-state index is 12.6. The van der Waals surface area contributed by atoms with Gasteiger partial charge >= 0.3 is 14.0 Å². The van der Waals surface area contributed by atoms with E-state index in [0.717, 1.165) is 11.1 Å². The lowest BCUT2D eigenvalue weighted by atomic mass is 10.00. The Balaban J connectivity index is 2.00. The molecule has 4 N–H and O–H groups in total. The van der Waals surface area contributed by atoms with Crippen LogP contribution in [-0.2, 0) is 31.5 Å². The Morgan fingerprint density at radius 2 is 1.55 bits per heavy atom. The summed E-state index contributed by atoms with van der Waals surface area (Å²) in [6.45, 7) is 1.38. The van der Waals surface area contributed by atoms with Gasteiger partial charge in [0.15, 0.2) is 12.4 Å². The molecule has 0 spiro atoms. The minimum Gasteiger partial charge on any atom is -0.480 e. The Bertz CT molecular complexity index is 816. The number of amides is 1. The number of carbonyl (C=O) groups is 2. The summed E-state index contributed by atoms with van der Waals surface area (Å²) in [4.78, 5) is 23.6. The van der Waals surface area contributed by atoms with Crippen molar-refractivity contribution in [3.05, 3.63) is 71.8 Å². The molecule has 0 fully saturated rings. The molecule has 3 unspecified atom stereocenters. The zero-order valence-corrected chi connectivity index (χ0v) is 17.1. The monoisotopic (exact) mass is 417 g/mol. The summed E-state index contributed by atoms with van der Waals surface area (Å²) in [6.07, 6.45) is -0.102. The van der Waals surface area contributed by atoms with Crippen molar-refractivity contribution in [2.75, 3.05) is 6.16 Å². The van der Waals surface area contributed by atoms with Gasteiger partial charge in [0.2, 0.25) is 5.91 Å². The van der Waals surface area contributed by atoms with Gasteiger partial charge in [0.1, 0.15) is 6.04 Å². The van der Waals surface area contributed by atoms with Gasteiger partial charge < -0.3 is 16.2 Å². The molecule has 0 aromatic heterocycles. The van der Waals surface area contributed by atoms with Crippen LogP contribution in [0.1, 0.15) is 18.1 Å². The molecule has 8 heteroatoms. The first-order valence-electron chi connectivity index (χ1n) is 9.33. The zero-order valence-electron chi connectivity index (χ0n) is 16.2. The summed E-state index contributed by atoms with van der Waals surface area (Å²) < 4.78 is 17.9. The van der Waals surface area contributed by atoms with Crippen molar-refractivity contribution in [1.29, 1.82) is 0 Å². The van der Waals surface area contributed by atoms with Crippen LogP contribution in [0.2, 0.25) is 0 Å². The average molecular weight is 417 g/mol. The van der Waals surface area contributed by atoms with Crippen molar-refractivity contribution >= 4 is 19.9 Å². The van der Waals surface area contributed by atoms with Crippen LogP contribution in [0.5, 0.6) is 0 Å². The quantitative estimate of drug-likeness (QED) is 0.382. The molecule has 0 saturated heterocycles. The second kappa shape index (κ2) is 11.4. The van der Waals surface area contributed by atoms with Crippen LogP contribution in [0.15, 0.2) is 60.7 Å². The van der Waals surface area contributed by atoms with E-state index in [1.807, 2.05) is 60.7 Å². The van der Waals surface area contributed by atoms with E-state index in [9.17, 15) is 14.2 Å². The third-order valence-corrected chi connectivity index (χ3v) is 5.57. The van der Waals surface area contributed by atoms with Crippen molar-refractivity contribution in [2.24, 2.45) is 11.7 Å². The van der Waals surface area contributed by atoms with E-state index >= 15 is 0 Å². The highest BCUT2D eigenvalue weighted by molar-refractivity contribution is 7.39. The fourth-order valence-electron chi connectivity index (χ4n) is 2.79. The van der Waals surface area contributed by atoms with E-state index in [2.05, 4.69) is 5.32 Å². The van der Waals surface area contributed by atoms with Crippen LogP contribution in [0.3, 0.4) is 0 Å². The Labute approximate surface area is 171 Å². The van der Waals surface area contributed by atoms with Crippen LogP contribution in [0, 0.1) is 5.92 Å². The molecule has 2 rings (SSSR count). The van der Waals surface area contributed by atoms with E-state index in [1.165, 1.54) is 6.92 Å². The summed E-state index contributed by atoms with van der Waals surface area (Å²) >= 11 is 0. The minimum absolute atomic E-state index is 0.0507. The van der Waals surface area contributed by atoms with Gasteiger partial charge in [-0.05, 0) is 29.0 Å². The predicted octanol–water partition coefficient (Wildman–Crippen LogP) is 2.72. The molecule has 0 radical (unpaired) electrons. The number of carbonyl (C=O) groups excluding carboxylic acids is 1. The van der Waals surface area contributed by atoms with Crippen LogP contribution in [0.25, 0.3) is 0 Å². The number of hydrogen-bond acceptors (Lipinski definition) is 5. The molecular weight excluding hydrogens is 391 g/mol. The molecule has 154 valence electrons. The summed E-state index contributed by atoms with van der Waals surface area (Å²) in [7, 11) is -2.21. The van der Waals surface area contributed by atoms with E-state index in [1.54, 1.807) is 0 Å². The van der Waals surface area contributed by atoms with Gasteiger partial charge in [0, 0.05) is 6.42 Å². The molecule has 2 aromatic rings. The highest BCUT2D eigenvalue weighted by atomic mass is 31.1. The fraction of sp³-hybridized carbons (Fsp3) is 0.333. The highest BCUT2D eigenvalue weighted by Crippen LogP contribution is 2.29. The van der Waals surface area contributed by atoms with Gasteiger partial charge in [-0.2, -0.15) is 0 Å². The van der Waals surface area contributed by atoms with Crippen LogP contribution in [0.4, 0.5) is 0 Å². The predicted molar refractivity (Wildman–Crippen MR) is 111 cm³/mol. The van der Waals surface area contributed by atoms with Gasteiger partial charge in [-0.25, -0.2) is 0 Å². The van der Waals surface area contributed by atoms with Crippen LogP contribution in [-0.4, -0.2) is 35.4 Å². The summed E-state index contributed by atoms with van der Waals surface area (Å²) in [6, 6.07) is 17.7. The van der Waals surface area contributed by atoms with Crippen molar-refractivity contribution < 1.29 is 23.8 Å². The second-order valence-corrected chi connectivity index (χ2v) is 8.05. The number of nitrogens with one attached hydrogen (secondary N) is 1. The standard InChI is InChI=1S/C21H25N2O5P/c1-15(21(25)26)23-20(24)18(12-16-8-4-2-5-9-16)14-29(27)28-19(22)13-17-10-6-3-7-11-17/h2-11,15,18-19H,12-14,22H2,1H3,(H-,23,24,25,26)/p+1/t15-,18?,19?/m0/s1. The second-order valence-electron chi connectivity index (χ2n) is 6.80. The molecule has 7 nitrogen and oxygen atoms in total. The number of rotatable bonds is 11. The largest absolute Gasteiger partial charge is 0.510 e. The van der Waals surface area contributed by atoms with E-state index in [4.69, 9.17) is 15.4 Å². The molecule has 0 aliphatic heterocycles. The molecule has 4 atom stereocenters. The van der Waals surface area contributed by atoms with Gasteiger partial charge in [-0.15, -0.1) is 4.52 Å². The van der Waals surface area contributed by atoms with Crippen molar-refractivity contribution in [3.8, 4) is 0 Å². The first-order valence-corrected chi connectivity index (χ1v) is 10.7. The van der Waals surface area contributed by atoms with Gasteiger partial charge in [-0.1, -0.05) is 60.7 Å². The number of carboxylic acid groups (broad SMARTS) is 1. The molecule has 0 saturated carbocycles. The van der Waals surface area contributed by atoms with Crippen molar-refractivity contribution in [1.82, 2.24) is 5.32 Å². The first kappa shape index (κ1) is 22.7. The molecule has 0 aliphatic rings. The Morgan fingerprint density at radius 1 is 1.03 bits per heavy atom. The SMILES string of the molecule is C[C@H](NC(=O)C(Cc1ccccc1)C[P+](=O)OC(N)Cc1ccccc1)C(=O)O. The minimum atomic E-state index is -2.21. The van der Waals surface area contributed by atoms with Crippen molar-refractivity contribution in [3.63, 3.8) is 0 Å². The Kier molecular flexibility index (Phi) is 8.93. The van der Waals surface area contributed by atoms with E-state index in [-0.39, 0.29) is 6.16 Å².